The lowest BCUT2D eigenvalue weighted by Gasteiger charge is -2.34. The zero-order valence-corrected chi connectivity index (χ0v) is 19.8. The molecular formula is C27H26F2N6O. The van der Waals surface area contributed by atoms with E-state index in [1.54, 1.807) is 18.2 Å². The molecule has 0 radical (unpaired) electrons. The lowest BCUT2D eigenvalue weighted by Crippen LogP contribution is -2.44. The number of nitrogens with one attached hydrogen (secondary N) is 3. The summed E-state index contributed by atoms with van der Waals surface area (Å²) < 4.78 is 26.8. The fraction of sp³-hybridized carbons (Fsp3) is 0.185. The van der Waals surface area contributed by atoms with Crippen LogP contribution < -0.4 is 15.5 Å². The molecule has 0 spiro atoms. The SMILES string of the molecule is CN1CCN(c2ccc(C(=O)Nc3cc(-c4ccc(Nc5cc(F)cc(F)c5)cc4)[nH]n3)cc2)CC1. The molecule has 7 nitrogen and oxygen atoms in total. The van der Waals surface area contributed by atoms with Crippen molar-refractivity contribution in [1.29, 1.82) is 0 Å². The number of aromatic amines is 1. The molecule has 1 aliphatic rings. The summed E-state index contributed by atoms with van der Waals surface area (Å²) in [6.07, 6.45) is 0. The van der Waals surface area contributed by atoms with Gasteiger partial charge in [-0.1, -0.05) is 12.1 Å². The topological polar surface area (TPSA) is 76.3 Å². The first-order valence-corrected chi connectivity index (χ1v) is 11.7. The van der Waals surface area contributed by atoms with E-state index in [1.807, 2.05) is 36.4 Å². The number of likely N-dealkylation sites (N-methyl/N-ethyl adjacent to an activating group) is 1. The van der Waals surface area contributed by atoms with E-state index in [1.165, 1.54) is 12.1 Å². The zero-order chi connectivity index (χ0) is 25.1. The normalized spacial score (nSPS) is 14.0. The van der Waals surface area contributed by atoms with Crippen LogP contribution in [0.5, 0.6) is 0 Å². The van der Waals surface area contributed by atoms with E-state index in [0.29, 0.717) is 22.8 Å². The van der Waals surface area contributed by atoms with Crippen LogP contribution in [0, 0.1) is 11.6 Å². The molecule has 2 heterocycles. The molecule has 184 valence electrons. The monoisotopic (exact) mass is 488 g/mol. The number of hydrogen-bond donors (Lipinski definition) is 3. The van der Waals surface area contributed by atoms with Crippen LogP contribution in [-0.2, 0) is 0 Å². The molecule has 4 aromatic rings. The average Bonchev–Trinajstić information content (AvgIpc) is 3.33. The summed E-state index contributed by atoms with van der Waals surface area (Å²) in [5.74, 6) is -1.12. The molecule has 0 saturated carbocycles. The highest BCUT2D eigenvalue weighted by atomic mass is 19.1. The van der Waals surface area contributed by atoms with Gasteiger partial charge < -0.3 is 20.4 Å². The number of anilines is 4. The smallest absolute Gasteiger partial charge is 0.256 e. The molecule has 1 fully saturated rings. The molecule has 5 rings (SSSR count). The van der Waals surface area contributed by atoms with E-state index in [4.69, 9.17) is 0 Å². The maximum absolute atomic E-state index is 13.4. The van der Waals surface area contributed by atoms with Crippen molar-refractivity contribution < 1.29 is 13.6 Å². The predicted octanol–water partition coefficient (Wildman–Crippen LogP) is 5.10. The maximum atomic E-state index is 13.4. The Balaban J connectivity index is 1.20. The number of aromatic nitrogens is 2. The van der Waals surface area contributed by atoms with Gasteiger partial charge in [-0.05, 0) is 61.1 Å². The zero-order valence-electron chi connectivity index (χ0n) is 19.8. The maximum Gasteiger partial charge on any atom is 0.256 e. The second-order valence-electron chi connectivity index (χ2n) is 8.82. The Morgan fingerprint density at radius 3 is 2.19 bits per heavy atom. The Labute approximate surface area is 207 Å². The number of H-pyrrole nitrogens is 1. The summed E-state index contributed by atoms with van der Waals surface area (Å²) >= 11 is 0. The van der Waals surface area contributed by atoms with Crippen LogP contribution in [0.2, 0.25) is 0 Å². The van der Waals surface area contributed by atoms with Crippen LogP contribution in [0.4, 0.5) is 31.7 Å². The van der Waals surface area contributed by atoms with Crippen molar-refractivity contribution >= 4 is 28.8 Å². The van der Waals surface area contributed by atoms with Gasteiger partial charge in [0, 0.05) is 60.9 Å². The number of hydrogen-bond acceptors (Lipinski definition) is 5. The predicted molar refractivity (Wildman–Crippen MR) is 138 cm³/mol. The molecule has 3 aromatic carbocycles. The summed E-state index contributed by atoms with van der Waals surface area (Å²) in [4.78, 5) is 17.3. The number of carbonyl (C=O) groups excluding carboxylic acids is 1. The summed E-state index contributed by atoms with van der Waals surface area (Å²) in [6, 6.07) is 19.9. The molecule has 1 amide bonds. The number of carbonyl (C=O) groups is 1. The molecule has 36 heavy (non-hydrogen) atoms. The van der Waals surface area contributed by atoms with Crippen molar-refractivity contribution in [3.8, 4) is 11.3 Å². The third-order valence-electron chi connectivity index (χ3n) is 6.16. The molecule has 0 atom stereocenters. The fourth-order valence-electron chi connectivity index (χ4n) is 4.14. The first kappa shape index (κ1) is 23.5. The van der Waals surface area contributed by atoms with Gasteiger partial charge in [0.05, 0.1) is 5.69 Å². The molecule has 1 saturated heterocycles. The van der Waals surface area contributed by atoms with Crippen LogP contribution in [0.25, 0.3) is 11.3 Å². The Bertz CT molecular complexity index is 1330. The minimum atomic E-state index is -0.646. The summed E-state index contributed by atoms with van der Waals surface area (Å²) in [5, 5.41) is 12.9. The van der Waals surface area contributed by atoms with Crippen molar-refractivity contribution in [2.24, 2.45) is 0 Å². The Morgan fingerprint density at radius 1 is 0.861 bits per heavy atom. The van der Waals surface area contributed by atoms with Gasteiger partial charge >= 0.3 is 0 Å². The molecule has 0 bridgehead atoms. The number of benzene rings is 3. The van der Waals surface area contributed by atoms with Crippen LogP contribution in [-0.4, -0.2) is 54.2 Å². The Hall–Kier alpha value is -4.24. The molecule has 1 aliphatic heterocycles. The van der Waals surface area contributed by atoms with Gasteiger partial charge in [0.15, 0.2) is 5.82 Å². The Morgan fingerprint density at radius 2 is 1.53 bits per heavy atom. The second kappa shape index (κ2) is 10.2. The molecule has 1 aromatic heterocycles. The summed E-state index contributed by atoms with van der Waals surface area (Å²) in [6.45, 7) is 3.99. The molecule has 9 heteroatoms. The van der Waals surface area contributed by atoms with Gasteiger partial charge in [-0.3, -0.25) is 9.89 Å². The van der Waals surface area contributed by atoms with E-state index in [0.717, 1.165) is 49.2 Å². The lowest BCUT2D eigenvalue weighted by atomic mass is 10.1. The minimum Gasteiger partial charge on any atom is -0.369 e. The van der Waals surface area contributed by atoms with Crippen molar-refractivity contribution in [2.45, 2.75) is 0 Å². The number of halogens is 2. The van der Waals surface area contributed by atoms with E-state index < -0.39 is 11.6 Å². The Kier molecular flexibility index (Phi) is 6.64. The van der Waals surface area contributed by atoms with Crippen molar-refractivity contribution in [1.82, 2.24) is 15.1 Å². The molecule has 3 N–H and O–H groups in total. The van der Waals surface area contributed by atoms with Crippen molar-refractivity contribution in [3.63, 3.8) is 0 Å². The third kappa shape index (κ3) is 5.52. The quantitative estimate of drug-likeness (QED) is 0.352. The van der Waals surface area contributed by atoms with Gasteiger partial charge in [0.1, 0.15) is 11.6 Å². The van der Waals surface area contributed by atoms with Gasteiger partial charge in [-0.15, -0.1) is 0 Å². The summed E-state index contributed by atoms with van der Waals surface area (Å²) in [7, 11) is 2.12. The average molecular weight is 489 g/mol. The van der Waals surface area contributed by atoms with Gasteiger partial charge in [-0.25, -0.2) is 8.78 Å². The lowest BCUT2D eigenvalue weighted by molar-refractivity contribution is 0.102. The highest BCUT2D eigenvalue weighted by Crippen LogP contribution is 2.25. The molecular weight excluding hydrogens is 462 g/mol. The molecule has 0 aliphatic carbocycles. The van der Waals surface area contributed by atoms with Crippen LogP contribution >= 0.6 is 0 Å². The van der Waals surface area contributed by atoms with Crippen molar-refractivity contribution in [3.05, 3.63) is 90.0 Å². The van der Waals surface area contributed by atoms with Crippen molar-refractivity contribution in [2.75, 3.05) is 48.8 Å². The summed E-state index contributed by atoms with van der Waals surface area (Å²) in [5.41, 5.74) is 4.23. The largest absolute Gasteiger partial charge is 0.369 e. The molecule has 0 unspecified atom stereocenters. The number of amides is 1. The third-order valence-corrected chi connectivity index (χ3v) is 6.16. The van der Waals surface area contributed by atoms with Gasteiger partial charge in [0.2, 0.25) is 0 Å². The van der Waals surface area contributed by atoms with E-state index >= 15 is 0 Å². The standard InChI is InChI=1S/C27H26F2N6O/c1-34-10-12-35(13-11-34)24-8-4-19(5-9-24)27(36)31-26-17-25(32-33-26)18-2-6-22(7-3-18)30-23-15-20(28)14-21(29)16-23/h2-9,14-17,30H,10-13H2,1H3,(H2,31,32,33,36). The fourth-order valence-corrected chi connectivity index (χ4v) is 4.14. The highest BCUT2D eigenvalue weighted by Gasteiger charge is 2.15. The van der Waals surface area contributed by atoms with Crippen LogP contribution in [0.15, 0.2) is 72.8 Å². The van der Waals surface area contributed by atoms with E-state index in [2.05, 4.69) is 37.7 Å². The first-order chi connectivity index (χ1) is 17.4. The van der Waals surface area contributed by atoms with E-state index in [9.17, 15) is 13.6 Å². The van der Waals surface area contributed by atoms with Gasteiger partial charge in [0.25, 0.3) is 5.91 Å². The van der Waals surface area contributed by atoms with E-state index in [-0.39, 0.29) is 5.91 Å². The minimum absolute atomic E-state index is 0.236. The number of piperazine rings is 1. The number of rotatable bonds is 6. The van der Waals surface area contributed by atoms with Gasteiger partial charge in [-0.2, -0.15) is 5.10 Å². The highest BCUT2D eigenvalue weighted by molar-refractivity contribution is 6.04. The van der Waals surface area contributed by atoms with Crippen LogP contribution in [0.3, 0.4) is 0 Å². The second-order valence-corrected chi connectivity index (χ2v) is 8.82. The number of nitrogens with zero attached hydrogens (tertiary/aromatic N) is 3. The van der Waals surface area contributed by atoms with Crippen LogP contribution in [0.1, 0.15) is 10.4 Å². The first-order valence-electron chi connectivity index (χ1n) is 11.7.